The molecule has 1 amide bonds. The molecular formula is C22H26FNO4. The molecule has 0 aliphatic carbocycles. The quantitative estimate of drug-likeness (QED) is 0.776. The summed E-state index contributed by atoms with van der Waals surface area (Å²) in [6.45, 7) is 8.86. The molecule has 2 aromatic carbocycles. The molecule has 28 heavy (non-hydrogen) atoms. The van der Waals surface area contributed by atoms with E-state index in [4.69, 9.17) is 19.9 Å². The van der Waals surface area contributed by atoms with Crippen molar-refractivity contribution >= 4 is 6.09 Å². The number of halogens is 1. The highest BCUT2D eigenvalue weighted by Gasteiger charge is 2.41. The van der Waals surface area contributed by atoms with Gasteiger partial charge < -0.3 is 19.9 Å². The predicted octanol–water partition coefficient (Wildman–Crippen LogP) is 5.08. The first kappa shape index (κ1) is 20.0. The maximum absolute atomic E-state index is 14.9. The normalized spacial score (nSPS) is 17.6. The smallest absolute Gasteiger partial charge is 0.405 e. The van der Waals surface area contributed by atoms with E-state index >= 15 is 0 Å². The van der Waals surface area contributed by atoms with Gasteiger partial charge in [-0.1, -0.05) is 39.8 Å². The van der Waals surface area contributed by atoms with Gasteiger partial charge in [0.1, 0.15) is 23.4 Å². The molecule has 0 spiro atoms. The lowest BCUT2D eigenvalue weighted by molar-refractivity contribution is -0.0178. The molecule has 2 aromatic rings. The molecule has 5 nitrogen and oxygen atoms in total. The summed E-state index contributed by atoms with van der Waals surface area (Å²) < 4.78 is 31.7. The van der Waals surface area contributed by atoms with E-state index in [-0.39, 0.29) is 0 Å². The molecule has 1 aliphatic heterocycles. The minimum absolute atomic E-state index is 0.324. The number of amides is 1. The molecule has 1 atom stereocenters. The van der Waals surface area contributed by atoms with Crippen molar-refractivity contribution in [2.75, 3.05) is 13.2 Å². The average Bonchev–Trinajstić information content (AvgIpc) is 2.62. The second kappa shape index (κ2) is 7.70. The lowest BCUT2D eigenvalue weighted by atomic mass is 9.80. The van der Waals surface area contributed by atoms with Crippen LogP contribution in [0.4, 0.5) is 9.18 Å². The molecule has 0 bridgehead atoms. The molecule has 3 rings (SSSR count). The zero-order chi connectivity index (χ0) is 20.5. The van der Waals surface area contributed by atoms with Gasteiger partial charge in [0.25, 0.3) is 0 Å². The molecule has 6 heteroatoms. The molecule has 1 unspecified atom stereocenters. The van der Waals surface area contributed by atoms with Gasteiger partial charge in [-0.25, -0.2) is 9.18 Å². The fraction of sp³-hybridized carbons (Fsp3) is 0.409. The van der Waals surface area contributed by atoms with Crippen LogP contribution in [-0.2, 0) is 4.74 Å². The van der Waals surface area contributed by atoms with Crippen molar-refractivity contribution in [3.8, 4) is 22.6 Å². The minimum Gasteiger partial charge on any atom is -0.493 e. The largest absolute Gasteiger partial charge is 0.493 e. The first-order chi connectivity index (χ1) is 13.2. The van der Waals surface area contributed by atoms with Crippen LogP contribution in [0, 0.1) is 17.2 Å². The van der Waals surface area contributed by atoms with E-state index in [9.17, 15) is 9.18 Å². The maximum Gasteiger partial charge on any atom is 0.405 e. The summed E-state index contributed by atoms with van der Waals surface area (Å²) in [7, 11) is 0. The van der Waals surface area contributed by atoms with Crippen LogP contribution in [0.3, 0.4) is 0 Å². The van der Waals surface area contributed by atoms with Crippen LogP contribution in [0.15, 0.2) is 36.4 Å². The topological polar surface area (TPSA) is 70.8 Å². The van der Waals surface area contributed by atoms with E-state index in [1.807, 2.05) is 38.1 Å². The van der Waals surface area contributed by atoms with Gasteiger partial charge in [0.15, 0.2) is 0 Å². The van der Waals surface area contributed by atoms with Crippen molar-refractivity contribution in [2.45, 2.75) is 33.8 Å². The van der Waals surface area contributed by atoms with Crippen LogP contribution < -0.4 is 15.2 Å². The van der Waals surface area contributed by atoms with E-state index in [1.54, 1.807) is 6.07 Å². The highest BCUT2D eigenvalue weighted by Crippen LogP contribution is 2.47. The van der Waals surface area contributed by atoms with Crippen molar-refractivity contribution in [1.82, 2.24) is 0 Å². The van der Waals surface area contributed by atoms with Crippen LogP contribution in [0.1, 0.15) is 39.4 Å². The van der Waals surface area contributed by atoms with Gasteiger partial charge in [-0.3, -0.25) is 0 Å². The fourth-order valence-corrected chi connectivity index (χ4v) is 3.21. The van der Waals surface area contributed by atoms with Gasteiger partial charge in [-0.2, -0.15) is 0 Å². The molecule has 150 valence electrons. The van der Waals surface area contributed by atoms with Crippen molar-refractivity contribution in [2.24, 2.45) is 17.1 Å². The van der Waals surface area contributed by atoms with Gasteiger partial charge in [0, 0.05) is 16.5 Å². The third-order valence-corrected chi connectivity index (χ3v) is 4.67. The van der Waals surface area contributed by atoms with E-state index in [1.165, 1.54) is 6.07 Å². The number of ether oxygens (including phenoxy) is 3. The minimum atomic E-state index is -0.896. The summed E-state index contributed by atoms with van der Waals surface area (Å²) in [5, 5.41) is 0. The molecule has 0 saturated heterocycles. The lowest BCUT2D eigenvalue weighted by Gasteiger charge is -2.38. The molecule has 0 aromatic heterocycles. The third kappa shape index (κ3) is 4.21. The Morgan fingerprint density at radius 3 is 2.57 bits per heavy atom. The zero-order valence-electron chi connectivity index (χ0n) is 16.6. The summed E-state index contributed by atoms with van der Waals surface area (Å²) >= 11 is 0. The van der Waals surface area contributed by atoms with E-state index < -0.39 is 23.4 Å². The number of carbonyl (C=O) groups is 1. The Morgan fingerprint density at radius 2 is 1.96 bits per heavy atom. The van der Waals surface area contributed by atoms with Crippen LogP contribution in [0.2, 0.25) is 0 Å². The monoisotopic (exact) mass is 387 g/mol. The van der Waals surface area contributed by atoms with Crippen LogP contribution in [-0.4, -0.2) is 19.3 Å². The molecule has 0 saturated carbocycles. The maximum atomic E-state index is 14.9. The zero-order valence-corrected chi connectivity index (χ0v) is 16.6. The van der Waals surface area contributed by atoms with Crippen LogP contribution >= 0.6 is 0 Å². The molecular weight excluding hydrogens is 361 g/mol. The number of primary amides is 1. The number of fused-ring (bicyclic) bond motifs is 1. The summed E-state index contributed by atoms with van der Waals surface area (Å²) in [6, 6.07) is 10.3. The number of nitrogens with two attached hydrogens (primary N) is 1. The third-order valence-electron chi connectivity index (χ3n) is 4.67. The Labute approximate surface area is 164 Å². The van der Waals surface area contributed by atoms with E-state index in [2.05, 4.69) is 13.8 Å². The molecule has 1 aliphatic rings. The van der Waals surface area contributed by atoms with Gasteiger partial charge in [-0.05, 0) is 35.7 Å². The lowest BCUT2D eigenvalue weighted by Crippen LogP contribution is -2.37. The van der Waals surface area contributed by atoms with Crippen molar-refractivity contribution in [3.05, 3.63) is 47.8 Å². The Hall–Kier alpha value is -2.76. The van der Waals surface area contributed by atoms with Crippen LogP contribution in [0.5, 0.6) is 11.5 Å². The van der Waals surface area contributed by atoms with Gasteiger partial charge in [0.05, 0.1) is 13.2 Å². The van der Waals surface area contributed by atoms with E-state index in [0.717, 1.165) is 5.75 Å². The van der Waals surface area contributed by atoms with Crippen LogP contribution in [0.25, 0.3) is 11.1 Å². The Bertz CT molecular complexity index is 862. The SMILES string of the molecule is CC(C)COc1ccc(-c2cc3c(cc2F)C(OC(N)=O)C(C)(C)CO3)cc1. The highest BCUT2D eigenvalue weighted by atomic mass is 19.1. The first-order valence-electron chi connectivity index (χ1n) is 9.33. The summed E-state index contributed by atoms with van der Waals surface area (Å²) in [6.07, 6.45) is -1.57. The Morgan fingerprint density at radius 1 is 1.29 bits per heavy atom. The number of rotatable bonds is 5. The Kier molecular flexibility index (Phi) is 5.49. The second-order valence-electron chi connectivity index (χ2n) is 8.19. The molecule has 2 N–H and O–H groups in total. The Balaban J connectivity index is 1.92. The fourth-order valence-electron chi connectivity index (χ4n) is 3.21. The predicted molar refractivity (Wildman–Crippen MR) is 105 cm³/mol. The average molecular weight is 387 g/mol. The first-order valence-corrected chi connectivity index (χ1v) is 9.33. The number of carbonyl (C=O) groups excluding carboxylic acids is 1. The van der Waals surface area contributed by atoms with Gasteiger partial charge >= 0.3 is 6.09 Å². The van der Waals surface area contributed by atoms with Crippen molar-refractivity contribution in [3.63, 3.8) is 0 Å². The van der Waals surface area contributed by atoms with Crippen molar-refractivity contribution < 1.29 is 23.4 Å². The van der Waals surface area contributed by atoms with Crippen molar-refractivity contribution in [1.29, 1.82) is 0 Å². The molecule has 0 fully saturated rings. The summed E-state index contributed by atoms with van der Waals surface area (Å²) in [5.41, 5.74) is 6.28. The molecule has 0 radical (unpaired) electrons. The summed E-state index contributed by atoms with van der Waals surface area (Å²) in [4.78, 5) is 11.3. The molecule has 1 heterocycles. The summed E-state index contributed by atoms with van der Waals surface area (Å²) in [5.74, 6) is 1.23. The second-order valence-corrected chi connectivity index (χ2v) is 8.19. The number of hydrogen-bond donors (Lipinski definition) is 1. The number of hydrogen-bond acceptors (Lipinski definition) is 4. The highest BCUT2D eigenvalue weighted by molar-refractivity contribution is 5.69. The standard InChI is InChI=1S/C22H26FNO4/c1-13(2)11-26-15-7-5-14(6-8-15)16-10-19-17(9-18(16)23)20(28-21(24)25)22(3,4)12-27-19/h5-10,13,20H,11-12H2,1-4H3,(H2,24,25). The number of benzene rings is 2. The van der Waals surface area contributed by atoms with Gasteiger partial charge in [0.2, 0.25) is 0 Å². The van der Waals surface area contributed by atoms with Gasteiger partial charge in [-0.15, -0.1) is 0 Å². The van der Waals surface area contributed by atoms with E-state index in [0.29, 0.717) is 41.6 Å².